The van der Waals surface area contributed by atoms with Gasteiger partial charge < -0.3 is 5.32 Å². The van der Waals surface area contributed by atoms with E-state index in [4.69, 9.17) is 0 Å². The highest BCUT2D eigenvalue weighted by Crippen LogP contribution is 2.16. The molecule has 1 aliphatic heterocycles. The van der Waals surface area contributed by atoms with Gasteiger partial charge in [-0.25, -0.2) is 17.9 Å². The van der Waals surface area contributed by atoms with Gasteiger partial charge in [0.05, 0.1) is 10.9 Å². The average Bonchev–Trinajstić information content (AvgIpc) is 2.62. The zero-order valence-electron chi connectivity index (χ0n) is 14.4. The Kier molecular flexibility index (Phi) is 6.51. The van der Waals surface area contributed by atoms with E-state index in [1.54, 1.807) is 37.3 Å². The van der Waals surface area contributed by atoms with Crippen molar-refractivity contribution in [1.82, 2.24) is 20.3 Å². The molecule has 0 aromatic heterocycles. The van der Waals surface area contributed by atoms with Crippen LogP contribution in [0.2, 0.25) is 0 Å². The first-order chi connectivity index (χ1) is 11.8. The minimum atomic E-state index is -3.53. The number of sulfonamides is 1. The van der Waals surface area contributed by atoms with Crippen molar-refractivity contribution in [1.29, 1.82) is 0 Å². The lowest BCUT2D eigenvalue weighted by Gasteiger charge is -2.35. The van der Waals surface area contributed by atoms with Gasteiger partial charge in [0.1, 0.15) is 0 Å². The standard InChI is InChI=1S/C16H24N4O4S/c1-12(15(21)18-16(22)17-2)20-10-8-13(9-11-20)19-25(23,24)14-6-4-3-5-7-14/h3-7,12-13,19H,8-11H2,1-2H3,(H2,17,18,21,22)/t12-/m1/s1. The normalized spacial score (nSPS) is 17.7. The second-order valence-electron chi connectivity index (χ2n) is 5.99. The number of nitrogens with zero attached hydrogens (tertiary/aromatic N) is 1. The molecule has 8 nitrogen and oxygen atoms in total. The quantitative estimate of drug-likeness (QED) is 0.692. The van der Waals surface area contributed by atoms with Gasteiger partial charge in [-0.05, 0) is 31.9 Å². The SMILES string of the molecule is CNC(=O)NC(=O)[C@@H](C)N1CCC(NS(=O)(=O)c2ccccc2)CC1. The van der Waals surface area contributed by atoms with E-state index in [2.05, 4.69) is 15.4 Å². The molecule has 9 heteroatoms. The fraction of sp³-hybridized carbons (Fsp3) is 0.500. The van der Waals surface area contributed by atoms with Crippen molar-refractivity contribution in [2.75, 3.05) is 20.1 Å². The van der Waals surface area contributed by atoms with Gasteiger partial charge in [0.15, 0.2) is 0 Å². The molecule has 1 fully saturated rings. The largest absolute Gasteiger partial charge is 0.341 e. The third kappa shape index (κ3) is 5.25. The predicted octanol–water partition coefficient (Wildman–Crippen LogP) is 0.273. The number of rotatable bonds is 5. The molecule has 0 aliphatic carbocycles. The highest BCUT2D eigenvalue weighted by atomic mass is 32.2. The van der Waals surface area contributed by atoms with Crippen LogP contribution in [0.1, 0.15) is 19.8 Å². The molecule has 0 saturated carbocycles. The molecular weight excluding hydrogens is 344 g/mol. The number of hydrogen-bond acceptors (Lipinski definition) is 5. The number of urea groups is 1. The van der Waals surface area contributed by atoms with Gasteiger partial charge in [-0.2, -0.15) is 0 Å². The van der Waals surface area contributed by atoms with Crippen molar-refractivity contribution in [3.63, 3.8) is 0 Å². The molecule has 138 valence electrons. The molecule has 0 spiro atoms. The zero-order valence-corrected chi connectivity index (χ0v) is 15.2. The van der Waals surface area contributed by atoms with E-state index >= 15 is 0 Å². The topological polar surface area (TPSA) is 108 Å². The number of amides is 3. The predicted molar refractivity (Wildman–Crippen MR) is 93.4 cm³/mol. The average molecular weight is 368 g/mol. The molecule has 1 aromatic carbocycles. The van der Waals surface area contributed by atoms with E-state index < -0.39 is 22.1 Å². The van der Waals surface area contributed by atoms with Crippen molar-refractivity contribution < 1.29 is 18.0 Å². The van der Waals surface area contributed by atoms with Crippen LogP contribution in [0.4, 0.5) is 4.79 Å². The summed E-state index contributed by atoms with van der Waals surface area (Å²) in [4.78, 5) is 25.4. The van der Waals surface area contributed by atoms with Crippen LogP contribution < -0.4 is 15.4 Å². The molecule has 1 atom stereocenters. The van der Waals surface area contributed by atoms with Crippen LogP contribution in [0, 0.1) is 0 Å². The summed E-state index contributed by atoms with van der Waals surface area (Å²) < 4.78 is 27.4. The van der Waals surface area contributed by atoms with Gasteiger partial charge in [0.2, 0.25) is 15.9 Å². The summed E-state index contributed by atoms with van der Waals surface area (Å²) in [6.45, 7) is 2.88. The van der Waals surface area contributed by atoms with Crippen LogP contribution in [0.15, 0.2) is 35.2 Å². The molecule has 0 unspecified atom stereocenters. The molecule has 1 saturated heterocycles. The summed E-state index contributed by atoms with van der Waals surface area (Å²) in [7, 11) is -2.09. The molecule has 1 aromatic rings. The molecule has 25 heavy (non-hydrogen) atoms. The number of piperidine rings is 1. The van der Waals surface area contributed by atoms with Crippen molar-refractivity contribution in [2.24, 2.45) is 0 Å². The third-order valence-corrected chi connectivity index (χ3v) is 5.83. The first-order valence-corrected chi connectivity index (χ1v) is 9.66. The first-order valence-electron chi connectivity index (χ1n) is 8.17. The van der Waals surface area contributed by atoms with Crippen LogP contribution in [0.3, 0.4) is 0 Å². The number of nitrogens with one attached hydrogen (secondary N) is 3. The van der Waals surface area contributed by atoms with Gasteiger partial charge in [-0.3, -0.25) is 15.0 Å². The number of carbonyl (C=O) groups excluding carboxylic acids is 2. The minimum Gasteiger partial charge on any atom is -0.341 e. The number of carbonyl (C=O) groups is 2. The molecule has 1 aliphatic rings. The molecular formula is C16H24N4O4S. The highest BCUT2D eigenvalue weighted by molar-refractivity contribution is 7.89. The van der Waals surface area contributed by atoms with Crippen molar-refractivity contribution in [3.05, 3.63) is 30.3 Å². The van der Waals surface area contributed by atoms with Crippen molar-refractivity contribution >= 4 is 22.0 Å². The third-order valence-electron chi connectivity index (χ3n) is 4.30. The van der Waals surface area contributed by atoms with Crippen LogP contribution in [0.25, 0.3) is 0 Å². The van der Waals surface area contributed by atoms with E-state index in [-0.39, 0.29) is 16.8 Å². The number of likely N-dealkylation sites (tertiary alicyclic amines) is 1. The lowest BCUT2D eigenvalue weighted by Crippen LogP contribution is -2.53. The van der Waals surface area contributed by atoms with Gasteiger partial charge in [-0.15, -0.1) is 0 Å². The maximum atomic E-state index is 12.3. The Labute approximate surface area is 148 Å². The van der Waals surface area contributed by atoms with E-state index in [0.717, 1.165) is 0 Å². The summed E-state index contributed by atoms with van der Waals surface area (Å²) >= 11 is 0. The summed E-state index contributed by atoms with van der Waals surface area (Å²) in [6, 6.07) is 7.09. The van der Waals surface area contributed by atoms with Crippen molar-refractivity contribution in [3.8, 4) is 0 Å². The fourth-order valence-electron chi connectivity index (χ4n) is 2.74. The summed E-state index contributed by atoms with van der Waals surface area (Å²) in [6.07, 6.45) is 1.20. The number of benzene rings is 1. The van der Waals surface area contributed by atoms with Crippen LogP contribution in [-0.2, 0) is 14.8 Å². The van der Waals surface area contributed by atoms with E-state index in [9.17, 15) is 18.0 Å². The number of hydrogen-bond donors (Lipinski definition) is 3. The molecule has 2 rings (SSSR count). The zero-order chi connectivity index (χ0) is 18.4. The first kappa shape index (κ1) is 19.4. The minimum absolute atomic E-state index is 0.171. The Balaban J connectivity index is 1.87. The molecule has 0 bridgehead atoms. The Bertz CT molecular complexity index is 700. The van der Waals surface area contributed by atoms with Gasteiger partial charge in [0, 0.05) is 26.2 Å². The summed E-state index contributed by atoms with van der Waals surface area (Å²) in [5.74, 6) is -0.373. The van der Waals surface area contributed by atoms with Gasteiger partial charge in [-0.1, -0.05) is 18.2 Å². The highest BCUT2D eigenvalue weighted by Gasteiger charge is 2.29. The lowest BCUT2D eigenvalue weighted by molar-refractivity contribution is -0.125. The Morgan fingerprint density at radius 3 is 2.32 bits per heavy atom. The van der Waals surface area contributed by atoms with Crippen LogP contribution in [0.5, 0.6) is 0 Å². The Morgan fingerprint density at radius 1 is 1.16 bits per heavy atom. The van der Waals surface area contributed by atoms with Crippen molar-refractivity contribution in [2.45, 2.75) is 36.7 Å². The van der Waals surface area contributed by atoms with E-state index in [0.29, 0.717) is 25.9 Å². The van der Waals surface area contributed by atoms with Crippen LogP contribution in [-0.4, -0.2) is 57.5 Å². The maximum absolute atomic E-state index is 12.3. The molecule has 0 radical (unpaired) electrons. The Hall–Kier alpha value is -1.97. The summed E-state index contributed by atoms with van der Waals surface area (Å²) in [5.41, 5.74) is 0. The fourth-order valence-corrected chi connectivity index (χ4v) is 4.06. The van der Waals surface area contributed by atoms with Gasteiger partial charge >= 0.3 is 6.03 Å². The van der Waals surface area contributed by atoms with E-state index in [1.807, 2.05) is 4.90 Å². The van der Waals surface area contributed by atoms with Crippen LogP contribution >= 0.6 is 0 Å². The molecule has 3 N–H and O–H groups in total. The lowest BCUT2D eigenvalue weighted by atomic mass is 10.0. The van der Waals surface area contributed by atoms with Gasteiger partial charge in [0.25, 0.3) is 0 Å². The monoisotopic (exact) mass is 368 g/mol. The molecule has 1 heterocycles. The Morgan fingerprint density at radius 2 is 1.76 bits per heavy atom. The van der Waals surface area contributed by atoms with E-state index in [1.165, 1.54) is 7.05 Å². The maximum Gasteiger partial charge on any atom is 0.321 e. The summed E-state index contributed by atoms with van der Waals surface area (Å²) in [5, 5.41) is 4.59. The number of imide groups is 1. The smallest absolute Gasteiger partial charge is 0.321 e. The second kappa shape index (κ2) is 8.41. The second-order valence-corrected chi connectivity index (χ2v) is 7.70. The molecule has 3 amide bonds.